The zero-order chi connectivity index (χ0) is 14.8. The molecule has 19 heavy (non-hydrogen) atoms. The molecule has 1 unspecified atom stereocenters. The Hall–Kier alpha value is -1.74. The number of rotatable bonds is 5. The number of non-ortho nitro benzene ring substituents is 1. The number of nitro groups is 1. The second-order valence-electron chi connectivity index (χ2n) is 3.89. The van der Waals surface area contributed by atoms with Gasteiger partial charge in [-0.1, -0.05) is 6.92 Å². The van der Waals surface area contributed by atoms with Crippen LogP contribution in [0.15, 0.2) is 17.0 Å². The van der Waals surface area contributed by atoms with Crippen LogP contribution in [-0.2, 0) is 10.0 Å². The number of hydrogen-bond donors (Lipinski definition) is 1. The fourth-order valence-corrected chi connectivity index (χ4v) is 1.96. The highest BCUT2D eigenvalue weighted by atomic mass is 32.2. The number of nitrogens with two attached hydrogens (primary N) is 1. The number of nitrogens with zero attached hydrogens (tertiary/aromatic N) is 1. The van der Waals surface area contributed by atoms with Crippen molar-refractivity contribution in [3.63, 3.8) is 0 Å². The first kappa shape index (κ1) is 15.3. The van der Waals surface area contributed by atoms with Gasteiger partial charge in [-0.05, 0) is 13.3 Å². The lowest BCUT2D eigenvalue weighted by Gasteiger charge is -2.15. The van der Waals surface area contributed by atoms with Crippen molar-refractivity contribution in [2.75, 3.05) is 0 Å². The van der Waals surface area contributed by atoms with Crippen LogP contribution in [0, 0.1) is 15.9 Å². The molecular weight excluding hydrogens is 279 g/mol. The number of nitro benzene ring substituents is 1. The summed E-state index contributed by atoms with van der Waals surface area (Å²) in [4.78, 5) is 8.94. The third kappa shape index (κ3) is 3.61. The molecule has 0 fully saturated rings. The average molecular weight is 292 g/mol. The zero-order valence-corrected chi connectivity index (χ0v) is 11.1. The van der Waals surface area contributed by atoms with Gasteiger partial charge in [0.1, 0.15) is 4.90 Å². The second-order valence-corrected chi connectivity index (χ2v) is 5.42. The molecule has 0 aliphatic rings. The Kier molecular flexibility index (Phi) is 4.43. The van der Waals surface area contributed by atoms with Crippen molar-refractivity contribution in [3.8, 4) is 5.75 Å². The van der Waals surface area contributed by atoms with E-state index in [2.05, 4.69) is 0 Å². The van der Waals surface area contributed by atoms with Gasteiger partial charge in [0.2, 0.25) is 10.0 Å². The standard InChI is InChI=1S/C10H13FN2O5S/c1-3-6(2)18-10-8(11)4-7(13(14)15)5-9(10)19(12,16)17/h4-6H,3H2,1-2H3,(H2,12,16,17). The fourth-order valence-electron chi connectivity index (χ4n) is 1.27. The maximum Gasteiger partial charge on any atom is 0.274 e. The van der Waals surface area contributed by atoms with Crippen molar-refractivity contribution in [2.24, 2.45) is 5.14 Å². The molecule has 0 radical (unpaired) electrons. The fraction of sp³-hybridized carbons (Fsp3) is 0.400. The Bertz CT molecular complexity index is 602. The van der Waals surface area contributed by atoms with E-state index >= 15 is 0 Å². The quantitative estimate of drug-likeness (QED) is 0.653. The third-order valence-corrected chi connectivity index (χ3v) is 3.32. The molecule has 106 valence electrons. The molecule has 1 aromatic rings. The number of hydrogen-bond acceptors (Lipinski definition) is 5. The second kappa shape index (κ2) is 5.49. The summed E-state index contributed by atoms with van der Waals surface area (Å²) < 4.78 is 41.6. The molecule has 0 amide bonds. The van der Waals surface area contributed by atoms with Crippen molar-refractivity contribution in [3.05, 3.63) is 28.1 Å². The third-order valence-electron chi connectivity index (χ3n) is 2.41. The van der Waals surface area contributed by atoms with E-state index in [0.717, 1.165) is 0 Å². The Morgan fingerprint density at radius 1 is 1.53 bits per heavy atom. The molecular formula is C10H13FN2O5S. The summed E-state index contributed by atoms with van der Waals surface area (Å²) in [7, 11) is -4.34. The summed E-state index contributed by atoms with van der Waals surface area (Å²) in [5.41, 5.74) is -0.710. The van der Waals surface area contributed by atoms with Crippen LogP contribution in [0.1, 0.15) is 20.3 Å². The van der Waals surface area contributed by atoms with Crippen LogP contribution < -0.4 is 9.88 Å². The number of primary sulfonamides is 1. The van der Waals surface area contributed by atoms with Gasteiger partial charge in [-0.3, -0.25) is 10.1 Å². The summed E-state index contributed by atoms with van der Waals surface area (Å²) in [6.45, 7) is 3.36. The summed E-state index contributed by atoms with van der Waals surface area (Å²) in [5.74, 6) is -1.74. The molecule has 7 nitrogen and oxygen atoms in total. The van der Waals surface area contributed by atoms with Crippen LogP contribution in [0.3, 0.4) is 0 Å². The van der Waals surface area contributed by atoms with Gasteiger partial charge >= 0.3 is 0 Å². The van der Waals surface area contributed by atoms with Crippen LogP contribution in [0.5, 0.6) is 5.75 Å². The summed E-state index contributed by atoms with van der Waals surface area (Å²) in [5, 5.41) is 15.5. The minimum Gasteiger partial charge on any atom is -0.486 e. The van der Waals surface area contributed by atoms with Gasteiger partial charge in [-0.25, -0.2) is 17.9 Å². The molecule has 0 aromatic heterocycles. The largest absolute Gasteiger partial charge is 0.486 e. The minimum atomic E-state index is -4.34. The number of benzene rings is 1. The predicted octanol–water partition coefficient (Wildman–Crippen LogP) is 1.56. The lowest BCUT2D eigenvalue weighted by Crippen LogP contribution is -2.18. The monoisotopic (exact) mass is 292 g/mol. The molecule has 2 N–H and O–H groups in total. The molecule has 0 aliphatic heterocycles. The molecule has 0 heterocycles. The van der Waals surface area contributed by atoms with Crippen LogP contribution in [0.2, 0.25) is 0 Å². The molecule has 0 saturated heterocycles. The Morgan fingerprint density at radius 2 is 2.11 bits per heavy atom. The van der Waals surface area contributed by atoms with Gasteiger partial charge in [-0.15, -0.1) is 0 Å². The van der Waals surface area contributed by atoms with Gasteiger partial charge in [0.05, 0.1) is 17.1 Å². The molecule has 9 heteroatoms. The number of sulfonamides is 1. The Morgan fingerprint density at radius 3 is 2.53 bits per heavy atom. The lowest BCUT2D eigenvalue weighted by atomic mass is 10.2. The van der Waals surface area contributed by atoms with Crippen molar-refractivity contribution in [1.29, 1.82) is 0 Å². The number of halogens is 1. The highest BCUT2D eigenvalue weighted by Gasteiger charge is 2.25. The Balaban J connectivity index is 3.48. The topological polar surface area (TPSA) is 113 Å². The molecule has 1 aromatic carbocycles. The number of ether oxygens (including phenoxy) is 1. The van der Waals surface area contributed by atoms with Crippen molar-refractivity contribution < 1.29 is 22.5 Å². The van der Waals surface area contributed by atoms with Gasteiger partial charge in [0, 0.05) is 6.07 Å². The van der Waals surface area contributed by atoms with E-state index in [4.69, 9.17) is 9.88 Å². The predicted molar refractivity (Wildman–Crippen MR) is 64.8 cm³/mol. The van der Waals surface area contributed by atoms with Crippen LogP contribution in [-0.4, -0.2) is 19.4 Å². The maximum atomic E-state index is 13.7. The zero-order valence-electron chi connectivity index (χ0n) is 10.3. The summed E-state index contributed by atoms with van der Waals surface area (Å²) >= 11 is 0. The van der Waals surface area contributed by atoms with Crippen molar-refractivity contribution in [1.82, 2.24) is 0 Å². The molecule has 1 atom stereocenters. The maximum absolute atomic E-state index is 13.7. The van der Waals surface area contributed by atoms with Crippen LogP contribution in [0.4, 0.5) is 10.1 Å². The Labute approximate surface area is 109 Å². The normalized spacial score (nSPS) is 13.1. The molecule has 0 aliphatic carbocycles. The van der Waals surface area contributed by atoms with E-state index in [9.17, 15) is 22.9 Å². The van der Waals surface area contributed by atoms with Gasteiger partial charge < -0.3 is 4.74 Å². The van der Waals surface area contributed by atoms with E-state index in [1.807, 2.05) is 0 Å². The van der Waals surface area contributed by atoms with E-state index in [-0.39, 0.29) is 0 Å². The minimum absolute atomic E-state index is 0.462. The van der Waals surface area contributed by atoms with Crippen molar-refractivity contribution >= 4 is 15.7 Å². The SMILES string of the molecule is CCC(C)Oc1c(F)cc([N+](=O)[O-])cc1S(N)(=O)=O. The molecule has 0 spiro atoms. The first-order chi connectivity index (χ1) is 8.66. The van der Waals surface area contributed by atoms with Crippen LogP contribution >= 0.6 is 0 Å². The van der Waals surface area contributed by atoms with Crippen LogP contribution in [0.25, 0.3) is 0 Å². The average Bonchev–Trinajstić information content (AvgIpc) is 2.29. The smallest absolute Gasteiger partial charge is 0.274 e. The highest BCUT2D eigenvalue weighted by molar-refractivity contribution is 7.89. The summed E-state index contributed by atoms with van der Waals surface area (Å²) in [6.07, 6.45) is 0.0389. The molecule has 0 saturated carbocycles. The van der Waals surface area contributed by atoms with Gasteiger partial charge in [0.25, 0.3) is 5.69 Å². The molecule has 0 bridgehead atoms. The first-order valence-electron chi connectivity index (χ1n) is 5.34. The lowest BCUT2D eigenvalue weighted by molar-refractivity contribution is -0.385. The molecule has 1 rings (SSSR count). The van der Waals surface area contributed by atoms with E-state index in [0.29, 0.717) is 18.6 Å². The van der Waals surface area contributed by atoms with E-state index in [1.54, 1.807) is 13.8 Å². The summed E-state index contributed by atoms with van der Waals surface area (Å²) in [6, 6.07) is 1.27. The first-order valence-corrected chi connectivity index (χ1v) is 6.88. The highest BCUT2D eigenvalue weighted by Crippen LogP contribution is 2.32. The van der Waals surface area contributed by atoms with Gasteiger partial charge in [0.15, 0.2) is 11.6 Å². The van der Waals surface area contributed by atoms with Crippen molar-refractivity contribution in [2.45, 2.75) is 31.3 Å². The van der Waals surface area contributed by atoms with E-state index < -0.39 is 43.2 Å². The van der Waals surface area contributed by atoms with Gasteiger partial charge in [-0.2, -0.15) is 0 Å². The van der Waals surface area contributed by atoms with E-state index in [1.165, 1.54) is 0 Å².